The van der Waals surface area contributed by atoms with E-state index in [-0.39, 0.29) is 0 Å². The average Bonchev–Trinajstić information content (AvgIpc) is 3.13. The first kappa shape index (κ1) is 18.3. The molecule has 0 saturated carbocycles. The number of benzene rings is 1. The molecular formula is C21H21N5OS. The molecule has 1 N–H and O–H groups in total. The number of nitrogens with zero attached hydrogens (tertiary/aromatic N) is 4. The van der Waals surface area contributed by atoms with E-state index in [2.05, 4.69) is 37.7 Å². The Bertz CT molecular complexity index is 1050. The number of hydrogen-bond acceptors (Lipinski definition) is 7. The van der Waals surface area contributed by atoms with Gasteiger partial charge >= 0.3 is 0 Å². The first-order valence-corrected chi connectivity index (χ1v) is 9.87. The molecule has 142 valence electrons. The highest BCUT2D eigenvalue weighted by molar-refractivity contribution is 7.17. The molecule has 0 spiro atoms. The number of thiophene rings is 1. The van der Waals surface area contributed by atoms with Crippen LogP contribution < -0.4 is 10.1 Å². The molecule has 0 atom stereocenters. The van der Waals surface area contributed by atoms with Crippen LogP contribution in [0.25, 0.3) is 21.3 Å². The minimum atomic E-state index is 0.547. The van der Waals surface area contributed by atoms with Crippen LogP contribution >= 0.6 is 11.3 Å². The quantitative estimate of drug-likeness (QED) is 0.503. The van der Waals surface area contributed by atoms with E-state index in [1.54, 1.807) is 17.5 Å². The first-order chi connectivity index (χ1) is 13.7. The number of hydrogen-bond donors (Lipinski definition) is 1. The van der Waals surface area contributed by atoms with Gasteiger partial charge < -0.3 is 15.0 Å². The molecule has 0 fully saturated rings. The fourth-order valence-corrected chi connectivity index (χ4v) is 3.59. The number of ether oxygens (including phenoxy) is 1. The molecule has 4 rings (SSSR count). The second-order valence-corrected chi connectivity index (χ2v) is 7.49. The smallest absolute Gasteiger partial charge is 0.227 e. The van der Waals surface area contributed by atoms with Crippen LogP contribution in [0, 0.1) is 0 Å². The number of likely N-dealkylation sites (N-methyl/N-ethyl adjacent to an activating group) is 1. The average molecular weight is 392 g/mol. The third-order valence-electron chi connectivity index (χ3n) is 4.18. The van der Waals surface area contributed by atoms with Crippen molar-refractivity contribution in [2.75, 3.05) is 32.6 Å². The lowest BCUT2D eigenvalue weighted by molar-refractivity contribution is 0.254. The van der Waals surface area contributed by atoms with Crippen molar-refractivity contribution >= 4 is 33.2 Å². The number of rotatable bonds is 7. The lowest BCUT2D eigenvalue weighted by Crippen LogP contribution is -2.19. The van der Waals surface area contributed by atoms with E-state index >= 15 is 0 Å². The molecule has 1 aromatic carbocycles. The SMILES string of the molecule is CN(C)CCOc1ccc(Nc2ncc3scc(-c4ccccc4)c3n2)cn1. The summed E-state index contributed by atoms with van der Waals surface area (Å²) in [5.41, 5.74) is 4.04. The van der Waals surface area contributed by atoms with E-state index in [9.17, 15) is 0 Å². The minimum absolute atomic E-state index is 0.547. The third-order valence-corrected chi connectivity index (χ3v) is 5.09. The maximum absolute atomic E-state index is 5.62. The molecule has 0 amide bonds. The van der Waals surface area contributed by atoms with E-state index in [0.29, 0.717) is 18.4 Å². The predicted molar refractivity (Wildman–Crippen MR) is 114 cm³/mol. The summed E-state index contributed by atoms with van der Waals surface area (Å²) in [6, 6.07) is 14.0. The second-order valence-electron chi connectivity index (χ2n) is 6.58. The summed E-state index contributed by atoms with van der Waals surface area (Å²) in [6.07, 6.45) is 3.58. The van der Waals surface area contributed by atoms with Gasteiger partial charge in [0.1, 0.15) is 6.61 Å². The van der Waals surface area contributed by atoms with Crippen molar-refractivity contribution in [2.45, 2.75) is 0 Å². The summed E-state index contributed by atoms with van der Waals surface area (Å²) >= 11 is 1.65. The lowest BCUT2D eigenvalue weighted by atomic mass is 10.1. The first-order valence-electron chi connectivity index (χ1n) is 8.99. The Kier molecular flexibility index (Phi) is 5.45. The van der Waals surface area contributed by atoms with Crippen LogP contribution in [0.4, 0.5) is 11.6 Å². The van der Waals surface area contributed by atoms with Crippen LogP contribution in [-0.2, 0) is 0 Å². The molecule has 0 aliphatic heterocycles. The number of fused-ring (bicyclic) bond motifs is 1. The Hall–Kier alpha value is -3.03. The monoisotopic (exact) mass is 391 g/mol. The largest absolute Gasteiger partial charge is 0.476 e. The van der Waals surface area contributed by atoms with E-state index < -0.39 is 0 Å². The number of pyridine rings is 1. The highest BCUT2D eigenvalue weighted by Gasteiger charge is 2.10. The highest BCUT2D eigenvalue weighted by atomic mass is 32.1. The van der Waals surface area contributed by atoms with E-state index in [4.69, 9.17) is 9.72 Å². The Morgan fingerprint density at radius 3 is 2.64 bits per heavy atom. The van der Waals surface area contributed by atoms with Crippen LogP contribution in [0.15, 0.2) is 60.2 Å². The molecule has 0 saturated heterocycles. The number of nitrogens with one attached hydrogen (secondary N) is 1. The number of aromatic nitrogens is 3. The van der Waals surface area contributed by atoms with Crippen LogP contribution in [0.2, 0.25) is 0 Å². The molecule has 0 aliphatic carbocycles. The van der Waals surface area contributed by atoms with Gasteiger partial charge in [0.25, 0.3) is 0 Å². The van der Waals surface area contributed by atoms with Gasteiger partial charge in [-0.05, 0) is 25.7 Å². The summed E-state index contributed by atoms with van der Waals surface area (Å²) in [5.74, 6) is 1.15. The van der Waals surface area contributed by atoms with Crippen molar-refractivity contribution < 1.29 is 4.74 Å². The van der Waals surface area contributed by atoms with Gasteiger partial charge in [-0.1, -0.05) is 30.3 Å². The molecule has 28 heavy (non-hydrogen) atoms. The van der Waals surface area contributed by atoms with Gasteiger partial charge in [0.05, 0.1) is 28.3 Å². The molecule has 4 aromatic rings. The van der Waals surface area contributed by atoms with Crippen LogP contribution in [0.5, 0.6) is 5.88 Å². The van der Waals surface area contributed by atoms with Gasteiger partial charge in [-0.15, -0.1) is 11.3 Å². The van der Waals surface area contributed by atoms with E-state index in [1.165, 1.54) is 0 Å². The van der Waals surface area contributed by atoms with Crippen molar-refractivity contribution in [2.24, 2.45) is 0 Å². The molecule has 0 unspecified atom stereocenters. The van der Waals surface area contributed by atoms with Gasteiger partial charge in [-0.25, -0.2) is 15.0 Å². The summed E-state index contributed by atoms with van der Waals surface area (Å²) in [4.78, 5) is 15.5. The van der Waals surface area contributed by atoms with Gasteiger partial charge in [-0.2, -0.15) is 0 Å². The molecular weight excluding hydrogens is 370 g/mol. The zero-order valence-electron chi connectivity index (χ0n) is 15.8. The zero-order valence-corrected chi connectivity index (χ0v) is 16.6. The minimum Gasteiger partial charge on any atom is -0.476 e. The zero-order chi connectivity index (χ0) is 19.3. The van der Waals surface area contributed by atoms with Gasteiger partial charge in [0, 0.05) is 23.6 Å². The fraction of sp³-hybridized carbons (Fsp3) is 0.190. The molecule has 0 radical (unpaired) electrons. The van der Waals surface area contributed by atoms with Crippen molar-refractivity contribution in [3.8, 4) is 17.0 Å². The normalized spacial score (nSPS) is 11.1. The number of anilines is 2. The molecule has 3 heterocycles. The van der Waals surface area contributed by atoms with Crippen molar-refractivity contribution in [1.82, 2.24) is 19.9 Å². The maximum atomic E-state index is 5.62. The maximum Gasteiger partial charge on any atom is 0.227 e. The summed E-state index contributed by atoms with van der Waals surface area (Å²) in [5, 5.41) is 5.35. The van der Waals surface area contributed by atoms with Crippen LogP contribution in [0.1, 0.15) is 0 Å². The Morgan fingerprint density at radius 2 is 1.89 bits per heavy atom. The topological polar surface area (TPSA) is 63.2 Å². The fourth-order valence-electron chi connectivity index (χ4n) is 2.71. The van der Waals surface area contributed by atoms with Gasteiger partial charge in [0.15, 0.2) is 0 Å². The molecule has 0 aliphatic rings. The lowest BCUT2D eigenvalue weighted by Gasteiger charge is -2.10. The predicted octanol–water partition coefficient (Wildman–Crippen LogP) is 4.44. The standard InChI is InChI=1S/C21H21N5OS/c1-26(2)10-11-27-19-9-8-16(12-22-19)24-21-23-13-18-20(25-21)17(14-28-18)15-6-4-3-5-7-15/h3-9,12-14H,10-11H2,1-2H3,(H,23,24,25). The van der Waals surface area contributed by atoms with E-state index in [0.717, 1.165) is 33.6 Å². The highest BCUT2D eigenvalue weighted by Crippen LogP contribution is 2.33. The Balaban J connectivity index is 1.50. The molecule has 3 aromatic heterocycles. The summed E-state index contributed by atoms with van der Waals surface area (Å²) in [7, 11) is 4.02. The molecule has 6 nitrogen and oxygen atoms in total. The van der Waals surface area contributed by atoms with Crippen LogP contribution in [0.3, 0.4) is 0 Å². The Morgan fingerprint density at radius 1 is 1.04 bits per heavy atom. The summed E-state index contributed by atoms with van der Waals surface area (Å²) < 4.78 is 6.69. The van der Waals surface area contributed by atoms with Crippen molar-refractivity contribution in [3.05, 3.63) is 60.2 Å². The van der Waals surface area contributed by atoms with Gasteiger partial charge in [0.2, 0.25) is 11.8 Å². The van der Waals surface area contributed by atoms with Gasteiger partial charge in [-0.3, -0.25) is 0 Å². The van der Waals surface area contributed by atoms with Crippen LogP contribution in [-0.4, -0.2) is 47.1 Å². The molecule has 0 bridgehead atoms. The summed E-state index contributed by atoms with van der Waals surface area (Å²) in [6.45, 7) is 1.45. The van der Waals surface area contributed by atoms with Crippen molar-refractivity contribution in [3.63, 3.8) is 0 Å². The third kappa shape index (κ3) is 4.27. The second kappa shape index (κ2) is 8.33. The molecule has 7 heteroatoms. The van der Waals surface area contributed by atoms with E-state index in [1.807, 2.05) is 50.6 Å². The van der Waals surface area contributed by atoms with Crippen molar-refractivity contribution in [1.29, 1.82) is 0 Å². The Labute approximate surface area is 167 Å².